The minimum atomic E-state index is -0.536. The van der Waals surface area contributed by atoms with Crippen molar-refractivity contribution in [3.63, 3.8) is 0 Å². The van der Waals surface area contributed by atoms with Gasteiger partial charge < -0.3 is 14.5 Å². The fourth-order valence-corrected chi connectivity index (χ4v) is 3.01. The van der Waals surface area contributed by atoms with Crippen LogP contribution in [0.3, 0.4) is 0 Å². The van der Waals surface area contributed by atoms with E-state index in [-0.39, 0.29) is 11.4 Å². The van der Waals surface area contributed by atoms with Crippen LogP contribution in [-0.2, 0) is 0 Å². The van der Waals surface area contributed by atoms with Gasteiger partial charge in [-0.05, 0) is 30.3 Å². The molecule has 0 spiro atoms. The Morgan fingerprint density at radius 2 is 1.97 bits per heavy atom. The lowest BCUT2D eigenvalue weighted by molar-refractivity contribution is -0.384. The summed E-state index contributed by atoms with van der Waals surface area (Å²) in [7, 11) is 1.42. The number of furan rings is 1. The first kappa shape index (κ1) is 18.2. The normalized spacial score (nSPS) is 10.7. The van der Waals surface area contributed by atoms with Crippen molar-refractivity contribution in [2.24, 2.45) is 0 Å². The van der Waals surface area contributed by atoms with E-state index in [1.54, 1.807) is 36.4 Å². The zero-order valence-electron chi connectivity index (χ0n) is 15.3. The number of fused-ring (bicyclic) bond motifs is 1. The van der Waals surface area contributed by atoms with Crippen LogP contribution in [0.15, 0.2) is 71.3 Å². The Morgan fingerprint density at radius 1 is 1.14 bits per heavy atom. The van der Waals surface area contributed by atoms with Crippen LogP contribution in [0.4, 0.5) is 11.4 Å². The number of nitro groups is 1. The molecule has 0 unspecified atom stereocenters. The van der Waals surface area contributed by atoms with E-state index >= 15 is 0 Å². The summed E-state index contributed by atoms with van der Waals surface area (Å²) in [5.74, 6) is 0.390. The molecular weight excluding hydrogens is 374 g/mol. The zero-order valence-corrected chi connectivity index (χ0v) is 15.3. The minimum Gasteiger partial charge on any atom is -0.495 e. The molecule has 8 nitrogen and oxygen atoms in total. The summed E-state index contributed by atoms with van der Waals surface area (Å²) in [5.41, 5.74) is 1.53. The number of non-ortho nitro benzene ring substituents is 1. The van der Waals surface area contributed by atoms with Gasteiger partial charge in [-0.2, -0.15) is 0 Å². The summed E-state index contributed by atoms with van der Waals surface area (Å²) in [6.45, 7) is 0. The number of carbonyl (C=O) groups is 1. The maximum Gasteiger partial charge on any atom is 0.271 e. The number of carbonyl (C=O) groups excluding carboxylic acids is 1. The molecule has 0 saturated heterocycles. The van der Waals surface area contributed by atoms with E-state index in [1.807, 2.05) is 6.07 Å². The van der Waals surface area contributed by atoms with Gasteiger partial charge in [0, 0.05) is 17.5 Å². The van der Waals surface area contributed by atoms with E-state index in [1.165, 1.54) is 31.6 Å². The third kappa shape index (κ3) is 3.51. The number of benzene rings is 2. The predicted molar refractivity (Wildman–Crippen MR) is 107 cm³/mol. The Labute approximate surface area is 164 Å². The van der Waals surface area contributed by atoms with E-state index in [4.69, 9.17) is 9.15 Å². The van der Waals surface area contributed by atoms with Gasteiger partial charge in [0.05, 0.1) is 35.1 Å². The molecule has 2 heterocycles. The molecule has 0 aliphatic rings. The molecule has 0 aliphatic heterocycles. The van der Waals surface area contributed by atoms with Crippen molar-refractivity contribution in [2.75, 3.05) is 12.4 Å². The van der Waals surface area contributed by atoms with Crippen LogP contribution in [-0.4, -0.2) is 22.9 Å². The second kappa shape index (κ2) is 7.43. The summed E-state index contributed by atoms with van der Waals surface area (Å²) >= 11 is 0. The van der Waals surface area contributed by atoms with Gasteiger partial charge in [-0.25, -0.2) is 4.98 Å². The molecule has 2 aromatic heterocycles. The zero-order chi connectivity index (χ0) is 20.4. The number of nitro benzene ring substituents is 1. The van der Waals surface area contributed by atoms with Crippen molar-refractivity contribution in [3.8, 4) is 17.2 Å². The summed E-state index contributed by atoms with van der Waals surface area (Å²) in [6, 6.07) is 16.3. The molecule has 0 saturated carbocycles. The van der Waals surface area contributed by atoms with E-state index in [0.717, 1.165) is 0 Å². The van der Waals surface area contributed by atoms with E-state index in [2.05, 4.69) is 10.3 Å². The molecule has 0 bridgehead atoms. The number of nitrogens with one attached hydrogen (secondary N) is 1. The van der Waals surface area contributed by atoms with Gasteiger partial charge in [0.15, 0.2) is 5.76 Å². The number of methoxy groups -OCH3 is 1. The first-order chi connectivity index (χ1) is 14.1. The van der Waals surface area contributed by atoms with Crippen molar-refractivity contribution in [3.05, 3.63) is 82.6 Å². The van der Waals surface area contributed by atoms with Crippen molar-refractivity contribution in [1.29, 1.82) is 0 Å². The molecule has 29 heavy (non-hydrogen) atoms. The highest BCUT2D eigenvalue weighted by Gasteiger charge is 2.18. The Balaban J connectivity index is 1.80. The molecule has 144 valence electrons. The van der Waals surface area contributed by atoms with Crippen LogP contribution < -0.4 is 10.1 Å². The van der Waals surface area contributed by atoms with E-state index < -0.39 is 10.8 Å². The van der Waals surface area contributed by atoms with Gasteiger partial charge in [-0.3, -0.25) is 14.9 Å². The summed E-state index contributed by atoms with van der Waals surface area (Å²) in [6.07, 6.45) is 1.53. The monoisotopic (exact) mass is 389 g/mol. The van der Waals surface area contributed by atoms with Crippen LogP contribution in [0, 0.1) is 10.1 Å². The Morgan fingerprint density at radius 3 is 2.69 bits per heavy atom. The van der Waals surface area contributed by atoms with Gasteiger partial charge in [0.2, 0.25) is 0 Å². The number of nitrogens with zero attached hydrogens (tertiary/aromatic N) is 2. The molecule has 8 heteroatoms. The number of aromatic nitrogens is 1. The minimum absolute atomic E-state index is 0.156. The van der Waals surface area contributed by atoms with Gasteiger partial charge in [-0.15, -0.1) is 0 Å². The first-order valence-corrected chi connectivity index (χ1v) is 8.64. The number of rotatable bonds is 5. The topological polar surface area (TPSA) is 108 Å². The highest BCUT2D eigenvalue weighted by molar-refractivity contribution is 6.13. The Hall–Kier alpha value is -4.20. The molecule has 0 aliphatic carbocycles. The van der Waals surface area contributed by atoms with Gasteiger partial charge >= 0.3 is 0 Å². The van der Waals surface area contributed by atoms with Crippen molar-refractivity contribution < 1.29 is 18.9 Å². The first-order valence-electron chi connectivity index (χ1n) is 8.64. The number of para-hydroxylation sites is 1. The molecule has 0 atom stereocenters. The van der Waals surface area contributed by atoms with E-state index in [9.17, 15) is 14.9 Å². The summed E-state index contributed by atoms with van der Waals surface area (Å²) in [5, 5.41) is 14.4. The Bertz CT molecular complexity index is 1220. The number of pyridine rings is 1. The summed E-state index contributed by atoms with van der Waals surface area (Å²) < 4.78 is 10.6. The van der Waals surface area contributed by atoms with Crippen LogP contribution in [0.25, 0.3) is 22.4 Å². The molecule has 4 rings (SSSR count). The number of anilines is 1. The smallest absolute Gasteiger partial charge is 0.271 e. The molecule has 1 amide bonds. The molecule has 0 fully saturated rings. The van der Waals surface area contributed by atoms with E-state index in [0.29, 0.717) is 33.7 Å². The van der Waals surface area contributed by atoms with Crippen molar-refractivity contribution in [2.45, 2.75) is 0 Å². The maximum atomic E-state index is 13.1. The maximum absolute atomic E-state index is 13.1. The molecule has 1 N–H and O–H groups in total. The quantitative estimate of drug-likeness (QED) is 0.393. The fraction of sp³-hybridized carbons (Fsp3) is 0.0476. The molecular formula is C21H15N3O5. The lowest BCUT2D eigenvalue weighted by atomic mass is 10.1. The average Bonchev–Trinajstić information content (AvgIpc) is 3.27. The van der Waals surface area contributed by atoms with Crippen molar-refractivity contribution >= 4 is 28.2 Å². The fourth-order valence-electron chi connectivity index (χ4n) is 3.01. The van der Waals surface area contributed by atoms with Crippen LogP contribution in [0.2, 0.25) is 0 Å². The van der Waals surface area contributed by atoms with Crippen LogP contribution in [0.1, 0.15) is 10.4 Å². The highest BCUT2D eigenvalue weighted by Crippen LogP contribution is 2.31. The second-order valence-corrected chi connectivity index (χ2v) is 6.15. The summed E-state index contributed by atoms with van der Waals surface area (Å²) in [4.78, 5) is 28.2. The standard InChI is InChI=1S/C21H15N3O5/c1-28-19-9-8-13(24(26)27)11-17(19)23-21(25)15-12-18(20-7-4-10-29-20)22-16-6-3-2-5-14(15)16/h2-12H,1H3,(H,23,25). The number of amides is 1. The molecule has 0 radical (unpaired) electrons. The average molecular weight is 389 g/mol. The van der Waals surface area contributed by atoms with Gasteiger partial charge in [0.25, 0.3) is 11.6 Å². The number of hydrogen-bond acceptors (Lipinski definition) is 6. The van der Waals surface area contributed by atoms with Gasteiger partial charge in [0.1, 0.15) is 11.4 Å². The van der Waals surface area contributed by atoms with Crippen molar-refractivity contribution in [1.82, 2.24) is 4.98 Å². The Kier molecular flexibility index (Phi) is 4.66. The molecule has 4 aromatic rings. The van der Waals surface area contributed by atoms with Crippen LogP contribution >= 0.6 is 0 Å². The third-order valence-electron chi connectivity index (χ3n) is 4.38. The SMILES string of the molecule is COc1ccc([N+](=O)[O-])cc1NC(=O)c1cc(-c2ccco2)nc2ccccc12. The second-order valence-electron chi connectivity index (χ2n) is 6.15. The molecule has 2 aromatic carbocycles. The number of hydrogen-bond donors (Lipinski definition) is 1. The predicted octanol–water partition coefficient (Wildman–Crippen LogP) is 4.66. The van der Waals surface area contributed by atoms with Gasteiger partial charge in [-0.1, -0.05) is 18.2 Å². The van der Waals surface area contributed by atoms with Crippen LogP contribution in [0.5, 0.6) is 5.75 Å². The third-order valence-corrected chi connectivity index (χ3v) is 4.38. The largest absolute Gasteiger partial charge is 0.495 e. The lowest BCUT2D eigenvalue weighted by Crippen LogP contribution is -2.14. The lowest BCUT2D eigenvalue weighted by Gasteiger charge is -2.12. The highest BCUT2D eigenvalue weighted by atomic mass is 16.6. The number of ether oxygens (including phenoxy) is 1.